The molecule has 0 aromatic heterocycles. The Hall–Kier alpha value is -1.54. The highest BCUT2D eigenvalue weighted by Gasteiger charge is 2.24. The highest BCUT2D eigenvalue weighted by Crippen LogP contribution is 2.32. The summed E-state index contributed by atoms with van der Waals surface area (Å²) in [5.74, 6) is 0.257. The molecule has 2 heteroatoms. The molecule has 0 aliphatic heterocycles. The summed E-state index contributed by atoms with van der Waals surface area (Å²) in [7, 11) is 0. The van der Waals surface area contributed by atoms with E-state index < -0.39 is 6.10 Å². The topological polar surface area (TPSA) is 40.5 Å². The molecule has 1 rings (SSSR count). The molecule has 0 fully saturated rings. The van der Waals surface area contributed by atoms with Crippen LogP contribution in [0, 0.1) is 0 Å². The SMILES string of the molecule is C=CC(C)(CCC(O)C(=C)C)c1ccc(O)cc1. The summed E-state index contributed by atoms with van der Waals surface area (Å²) < 4.78 is 0. The van der Waals surface area contributed by atoms with Gasteiger partial charge in [0.2, 0.25) is 0 Å². The fourth-order valence-electron chi connectivity index (χ4n) is 1.89. The van der Waals surface area contributed by atoms with Gasteiger partial charge in [-0.05, 0) is 37.5 Å². The zero-order valence-corrected chi connectivity index (χ0v) is 11.2. The monoisotopic (exact) mass is 246 g/mol. The third kappa shape index (κ3) is 3.47. The third-order valence-electron chi connectivity index (χ3n) is 3.48. The first-order valence-corrected chi connectivity index (χ1v) is 6.15. The third-order valence-corrected chi connectivity index (χ3v) is 3.48. The lowest BCUT2D eigenvalue weighted by atomic mass is 9.77. The maximum Gasteiger partial charge on any atom is 0.115 e. The van der Waals surface area contributed by atoms with Crippen molar-refractivity contribution >= 4 is 0 Å². The number of rotatable bonds is 6. The summed E-state index contributed by atoms with van der Waals surface area (Å²) in [6, 6.07) is 7.13. The molecular formula is C16H22O2. The molecule has 2 unspecified atom stereocenters. The number of aliphatic hydroxyl groups is 1. The van der Waals surface area contributed by atoms with Crippen LogP contribution in [0.15, 0.2) is 49.1 Å². The van der Waals surface area contributed by atoms with Gasteiger partial charge in [-0.1, -0.05) is 37.3 Å². The molecular weight excluding hydrogens is 224 g/mol. The summed E-state index contributed by atoms with van der Waals surface area (Å²) >= 11 is 0. The number of phenolic OH excluding ortho intramolecular Hbond substituents is 1. The van der Waals surface area contributed by atoms with Gasteiger partial charge < -0.3 is 10.2 Å². The van der Waals surface area contributed by atoms with Crippen molar-refractivity contribution in [1.29, 1.82) is 0 Å². The molecule has 2 N–H and O–H groups in total. The zero-order chi connectivity index (χ0) is 13.8. The van der Waals surface area contributed by atoms with Crippen LogP contribution in [0.4, 0.5) is 0 Å². The largest absolute Gasteiger partial charge is 0.508 e. The van der Waals surface area contributed by atoms with E-state index in [4.69, 9.17) is 0 Å². The number of aliphatic hydroxyl groups excluding tert-OH is 1. The van der Waals surface area contributed by atoms with Gasteiger partial charge in [-0.15, -0.1) is 6.58 Å². The maximum absolute atomic E-state index is 9.80. The molecule has 0 saturated heterocycles. The number of benzene rings is 1. The molecule has 2 nitrogen and oxygen atoms in total. The summed E-state index contributed by atoms with van der Waals surface area (Å²) in [6.07, 6.45) is 2.86. The summed E-state index contributed by atoms with van der Waals surface area (Å²) in [4.78, 5) is 0. The van der Waals surface area contributed by atoms with Crippen LogP contribution in [0.3, 0.4) is 0 Å². The van der Waals surface area contributed by atoms with E-state index in [2.05, 4.69) is 20.1 Å². The lowest BCUT2D eigenvalue weighted by Crippen LogP contribution is -2.21. The van der Waals surface area contributed by atoms with E-state index in [-0.39, 0.29) is 11.2 Å². The fourth-order valence-corrected chi connectivity index (χ4v) is 1.89. The second-order valence-corrected chi connectivity index (χ2v) is 5.07. The van der Waals surface area contributed by atoms with E-state index in [0.717, 1.165) is 17.6 Å². The van der Waals surface area contributed by atoms with Crippen LogP contribution in [-0.4, -0.2) is 16.3 Å². The van der Waals surface area contributed by atoms with Crippen LogP contribution in [0.2, 0.25) is 0 Å². The Morgan fingerprint density at radius 1 is 1.39 bits per heavy atom. The van der Waals surface area contributed by atoms with Gasteiger partial charge in [0.1, 0.15) is 5.75 Å². The number of aromatic hydroxyl groups is 1. The van der Waals surface area contributed by atoms with E-state index in [1.807, 2.05) is 25.1 Å². The average Bonchev–Trinajstić information content (AvgIpc) is 2.36. The lowest BCUT2D eigenvalue weighted by molar-refractivity contribution is 0.190. The summed E-state index contributed by atoms with van der Waals surface area (Å²) in [5, 5.41) is 19.1. The van der Waals surface area contributed by atoms with E-state index in [0.29, 0.717) is 6.42 Å². The lowest BCUT2D eigenvalue weighted by Gasteiger charge is -2.27. The normalized spacial score (nSPS) is 15.7. The van der Waals surface area contributed by atoms with Crippen molar-refractivity contribution in [3.8, 4) is 5.75 Å². The van der Waals surface area contributed by atoms with Crippen LogP contribution in [0.1, 0.15) is 32.3 Å². The zero-order valence-electron chi connectivity index (χ0n) is 11.2. The predicted molar refractivity (Wildman–Crippen MR) is 75.7 cm³/mol. The Morgan fingerprint density at radius 2 is 1.94 bits per heavy atom. The maximum atomic E-state index is 9.80. The highest BCUT2D eigenvalue weighted by atomic mass is 16.3. The number of hydrogen-bond acceptors (Lipinski definition) is 2. The highest BCUT2D eigenvalue weighted by molar-refractivity contribution is 5.34. The first-order chi connectivity index (χ1) is 8.39. The molecule has 0 aliphatic carbocycles. The van der Waals surface area contributed by atoms with Crippen molar-refractivity contribution in [3.05, 3.63) is 54.6 Å². The Morgan fingerprint density at radius 3 is 2.39 bits per heavy atom. The van der Waals surface area contributed by atoms with E-state index in [9.17, 15) is 10.2 Å². The van der Waals surface area contributed by atoms with Gasteiger partial charge in [0, 0.05) is 5.41 Å². The van der Waals surface area contributed by atoms with Gasteiger partial charge >= 0.3 is 0 Å². The van der Waals surface area contributed by atoms with E-state index in [1.54, 1.807) is 12.1 Å². The molecule has 0 amide bonds. The molecule has 0 radical (unpaired) electrons. The van der Waals surface area contributed by atoms with Crippen LogP contribution in [0.5, 0.6) is 5.75 Å². The van der Waals surface area contributed by atoms with E-state index in [1.165, 1.54) is 0 Å². The first-order valence-electron chi connectivity index (χ1n) is 6.15. The Kier molecular flexibility index (Phi) is 4.74. The predicted octanol–water partition coefficient (Wildman–Crippen LogP) is 3.55. The van der Waals surface area contributed by atoms with Gasteiger partial charge in [0.25, 0.3) is 0 Å². The number of phenols is 1. The van der Waals surface area contributed by atoms with Crippen LogP contribution < -0.4 is 0 Å². The molecule has 1 aromatic carbocycles. The van der Waals surface area contributed by atoms with Gasteiger partial charge in [-0.25, -0.2) is 0 Å². The van der Waals surface area contributed by atoms with Crippen molar-refractivity contribution in [2.45, 2.75) is 38.2 Å². The van der Waals surface area contributed by atoms with Crippen LogP contribution >= 0.6 is 0 Å². The molecule has 0 saturated carbocycles. The molecule has 0 spiro atoms. The number of allylic oxidation sites excluding steroid dienone is 1. The summed E-state index contributed by atoms with van der Waals surface area (Å²) in [5.41, 5.74) is 1.67. The molecule has 0 heterocycles. The van der Waals surface area contributed by atoms with Crippen molar-refractivity contribution < 1.29 is 10.2 Å². The molecule has 1 aromatic rings. The number of hydrogen-bond donors (Lipinski definition) is 2. The van der Waals surface area contributed by atoms with Gasteiger partial charge in [0.05, 0.1) is 6.10 Å². The second kappa shape index (κ2) is 5.87. The molecule has 0 bridgehead atoms. The van der Waals surface area contributed by atoms with Crippen LogP contribution in [0.25, 0.3) is 0 Å². The van der Waals surface area contributed by atoms with Crippen molar-refractivity contribution in [2.24, 2.45) is 0 Å². The van der Waals surface area contributed by atoms with Gasteiger partial charge in [-0.2, -0.15) is 0 Å². The molecule has 0 aliphatic rings. The van der Waals surface area contributed by atoms with Gasteiger partial charge in [0.15, 0.2) is 0 Å². The summed E-state index contributed by atoms with van der Waals surface area (Å²) in [6.45, 7) is 11.6. The smallest absolute Gasteiger partial charge is 0.115 e. The standard InChI is InChI=1S/C16H22O2/c1-5-16(4,11-10-15(18)12(2)3)13-6-8-14(17)9-7-13/h5-9,15,17-18H,1-2,10-11H2,3-4H3. The molecule has 18 heavy (non-hydrogen) atoms. The first kappa shape index (κ1) is 14.5. The minimum absolute atomic E-state index is 0.204. The Bertz CT molecular complexity index is 419. The Balaban J connectivity index is 2.82. The average molecular weight is 246 g/mol. The van der Waals surface area contributed by atoms with E-state index >= 15 is 0 Å². The minimum atomic E-state index is -0.471. The van der Waals surface area contributed by atoms with Crippen molar-refractivity contribution in [1.82, 2.24) is 0 Å². The quantitative estimate of drug-likeness (QED) is 0.753. The fraction of sp³-hybridized carbons (Fsp3) is 0.375. The Labute approximate surface area is 109 Å². The van der Waals surface area contributed by atoms with Gasteiger partial charge in [-0.3, -0.25) is 0 Å². The molecule has 98 valence electrons. The molecule has 2 atom stereocenters. The minimum Gasteiger partial charge on any atom is -0.508 e. The second-order valence-electron chi connectivity index (χ2n) is 5.07. The van der Waals surface area contributed by atoms with Crippen LogP contribution in [-0.2, 0) is 5.41 Å². The van der Waals surface area contributed by atoms with Crippen molar-refractivity contribution in [2.75, 3.05) is 0 Å². The van der Waals surface area contributed by atoms with Crippen molar-refractivity contribution in [3.63, 3.8) is 0 Å².